The lowest BCUT2D eigenvalue weighted by molar-refractivity contribution is 0.408. The largest absolute Gasteiger partial charge is 0.495 e. The van der Waals surface area contributed by atoms with Crippen LogP contribution in [0, 0.1) is 0 Å². The second-order valence-electron chi connectivity index (χ2n) is 4.04. The van der Waals surface area contributed by atoms with Gasteiger partial charge in [0.05, 0.1) is 16.4 Å². The fourth-order valence-electron chi connectivity index (χ4n) is 1.86. The molecular weight excluding hydrogens is 450 g/mol. The van der Waals surface area contributed by atoms with Gasteiger partial charge in [0.25, 0.3) is 0 Å². The summed E-state index contributed by atoms with van der Waals surface area (Å²) in [7, 11) is 1.61. The molecule has 1 unspecified atom stereocenters. The van der Waals surface area contributed by atoms with E-state index in [1.165, 1.54) is 0 Å². The molecule has 0 heterocycles. The van der Waals surface area contributed by atoms with Crippen molar-refractivity contribution in [3.05, 3.63) is 61.0 Å². The molecule has 0 bridgehead atoms. The van der Waals surface area contributed by atoms with Crippen molar-refractivity contribution in [3.63, 3.8) is 0 Å². The molecule has 0 saturated heterocycles. The molecule has 0 spiro atoms. The Hall–Kier alpha value is 0.0700. The lowest BCUT2D eigenvalue weighted by Crippen LogP contribution is -1.99. The van der Waals surface area contributed by atoms with Crippen LogP contribution in [0.25, 0.3) is 0 Å². The van der Waals surface area contributed by atoms with Crippen molar-refractivity contribution in [2.45, 2.75) is 4.83 Å². The minimum Gasteiger partial charge on any atom is -0.495 e. The minimum atomic E-state index is -0.182. The van der Waals surface area contributed by atoms with E-state index in [0.717, 1.165) is 15.6 Å². The molecule has 2 aromatic carbocycles. The van der Waals surface area contributed by atoms with Crippen LogP contribution in [-0.4, -0.2) is 7.11 Å². The second-order valence-corrected chi connectivity index (χ2v) is 7.09. The summed E-state index contributed by atoms with van der Waals surface area (Å²) >= 11 is 25.5. The van der Waals surface area contributed by atoms with Gasteiger partial charge in [0.1, 0.15) is 5.75 Å². The molecule has 1 atom stereocenters. The topological polar surface area (TPSA) is 9.23 Å². The lowest BCUT2D eigenvalue weighted by atomic mass is 10.0. The Labute approximate surface area is 149 Å². The van der Waals surface area contributed by atoms with Gasteiger partial charge in [-0.3, -0.25) is 0 Å². The zero-order valence-corrected chi connectivity index (χ0v) is 15.7. The highest BCUT2D eigenvalue weighted by atomic mass is 79.9. The van der Waals surface area contributed by atoms with Crippen LogP contribution < -0.4 is 4.74 Å². The van der Waals surface area contributed by atoms with Crippen molar-refractivity contribution in [1.29, 1.82) is 0 Å². The Morgan fingerprint density at radius 1 is 1.00 bits per heavy atom. The van der Waals surface area contributed by atoms with Crippen LogP contribution in [0.2, 0.25) is 15.1 Å². The first kappa shape index (κ1) is 16.4. The number of rotatable bonds is 3. The van der Waals surface area contributed by atoms with Gasteiger partial charge in [-0.1, -0.05) is 50.7 Å². The Morgan fingerprint density at radius 2 is 1.65 bits per heavy atom. The summed E-state index contributed by atoms with van der Waals surface area (Å²) in [5, 5.41) is 1.85. The molecule has 0 amide bonds. The molecule has 2 rings (SSSR count). The highest BCUT2D eigenvalue weighted by Crippen LogP contribution is 2.44. The standard InChI is InChI=1S/C14H9Br2Cl3O/c1-20-14-10(5-8(18)6-11(14)15)13(16)9-4-7(17)2-3-12(9)19/h2-6,13H,1H3. The molecule has 6 heteroatoms. The first-order chi connectivity index (χ1) is 9.43. The molecular formula is C14H9Br2Cl3O. The van der Waals surface area contributed by atoms with Crippen molar-refractivity contribution in [3.8, 4) is 5.75 Å². The normalized spacial score (nSPS) is 12.3. The van der Waals surface area contributed by atoms with Gasteiger partial charge in [-0.25, -0.2) is 0 Å². The van der Waals surface area contributed by atoms with E-state index in [2.05, 4.69) is 31.9 Å². The fourth-order valence-corrected chi connectivity index (χ4v) is 4.11. The van der Waals surface area contributed by atoms with E-state index in [4.69, 9.17) is 39.5 Å². The van der Waals surface area contributed by atoms with E-state index in [0.29, 0.717) is 20.8 Å². The third-order valence-electron chi connectivity index (χ3n) is 2.75. The summed E-state index contributed by atoms with van der Waals surface area (Å²) in [6.45, 7) is 0. The maximum absolute atomic E-state index is 6.24. The summed E-state index contributed by atoms with van der Waals surface area (Å²) in [6.07, 6.45) is 0. The zero-order chi connectivity index (χ0) is 14.9. The zero-order valence-electron chi connectivity index (χ0n) is 10.3. The average molecular weight is 459 g/mol. The molecule has 0 aliphatic rings. The number of alkyl halides is 1. The van der Waals surface area contributed by atoms with Gasteiger partial charge < -0.3 is 4.74 Å². The van der Waals surface area contributed by atoms with E-state index in [9.17, 15) is 0 Å². The van der Waals surface area contributed by atoms with Crippen LogP contribution in [0.4, 0.5) is 0 Å². The molecule has 0 aromatic heterocycles. The Kier molecular flexibility index (Phi) is 5.66. The van der Waals surface area contributed by atoms with Crippen LogP contribution in [0.3, 0.4) is 0 Å². The van der Waals surface area contributed by atoms with Crippen molar-refractivity contribution >= 4 is 66.7 Å². The highest BCUT2D eigenvalue weighted by molar-refractivity contribution is 9.10. The van der Waals surface area contributed by atoms with Crippen LogP contribution in [0.15, 0.2) is 34.8 Å². The van der Waals surface area contributed by atoms with Gasteiger partial charge >= 0.3 is 0 Å². The predicted octanol–water partition coefficient (Wildman–Crippen LogP) is 6.90. The highest BCUT2D eigenvalue weighted by Gasteiger charge is 2.20. The van der Waals surface area contributed by atoms with E-state index >= 15 is 0 Å². The van der Waals surface area contributed by atoms with Gasteiger partial charge in [-0.2, -0.15) is 0 Å². The summed E-state index contributed by atoms with van der Waals surface area (Å²) in [5.41, 5.74) is 1.72. The van der Waals surface area contributed by atoms with Gasteiger partial charge in [0.15, 0.2) is 0 Å². The number of benzene rings is 2. The number of halogens is 5. The fraction of sp³-hybridized carbons (Fsp3) is 0.143. The first-order valence-electron chi connectivity index (χ1n) is 5.56. The molecule has 0 saturated carbocycles. The number of hydrogen-bond donors (Lipinski definition) is 0. The average Bonchev–Trinajstić information content (AvgIpc) is 2.40. The predicted molar refractivity (Wildman–Crippen MR) is 92.9 cm³/mol. The van der Waals surface area contributed by atoms with Crippen LogP contribution in [0.5, 0.6) is 5.75 Å². The summed E-state index contributed by atoms with van der Waals surface area (Å²) in [5.74, 6) is 0.701. The van der Waals surface area contributed by atoms with Crippen molar-refractivity contribution < 1.29 is 4.74 Å². The molecule has 0 radical (unpaired) electrons. The molecule has 20 heavy (non-hydrogen) atoms. The quantitative estimate of drug-likeness (QED) is 0.454. The van der Waals surface area contributed by atoms with Gasteiger partial charge in [-0.15, -0.1) is 0 Å². The third kappa shape index (κ3) is 3.45. The number of hydrogen-bond acceptors (Lipinski definition) is 1. The van der Waals surface area contributed by atoms with E-state index in [1.54, 1.807) is 25.3 Å². The molecule has 1 nitrogen and oxygen atoms in total. The van der Waals surface area contributed by atoms with Crippen molar-refractivity contribution in [2.24, 2.45) is 0 Å². The lowest BCUT2D eigenvalue weighted by Gasteiger charge is -2.18. The molecule has 2 aromatic rings. The Bertz CT molecular complexity index is 647. The Balaban J connectivity index is 2.58. The smallest absolute Gasteiger partial charge is 0.137 e. The van der Waals surface area contributed by atoms with Gasteiger partial charge in [0.2, 0.25) is 0 Å². The molecule has 0 aliphatic carbocycles. The summed E-state index contributed by atoms with van der Waals surface area (Å²) in [4.78, 5) is -0.182. The van der Waals surface area contributed by atoms with Gasteiger partial charge in [0, 0.05) is 20.6 Å². The maximum Gasteiger partial charge on any atom is 0.137 e. The van der Waals surface area contributed by atoms with Crippen LogP contribution >= 0.6 is 66.7 Å². The Morgan fingerprint density at radius 3 is 2.30 bits per heavy atom. The molecule has 0 fully saturated rings. The monoisotopic (exact) mass is 456 g/mol. The van der Waals surface area contributed by atoms with Crippen LogP contribution in [0.1, 0.15) is 16.0 Å². The van der Waals surface area contributed by atoms with Crippen molar-refractivity contribution in [1.82, 2.24) is 0 Å². The first-order valence-corrected chi connectivity index (χ1v) is 8.40. The number of methoxy groups -OCH3 is 1. The van der Waals surface area contributed by atoms with E-state index in [1.807, 2.05) is 12.1 Å². The van der Waals surface area contributed by atoms with Gasteiger partial charge in [-0.05, 0) is 51.8 Å². The molecule has 0 N–H and O–H groups in total. The molecule has 0 aliphatic heterocycles. The SMILES string of the molecule is COc1c(Br)cc(Cl)cc1C(Br)c1cc(Cl)ccc1Cl. The van der Waals surface area contributed by atoms with Crippen LogP contribution in [-0.2, 0) is 0 Å². The second kappa shape index (κ2) is 6.89. The maximum atomic E-state index is 6.24. The van der Waals surface area contributed by atoms with E-state index in [-0.39, 0.29) is 4.83 Å². The summed E-state index contributed by atoms with van der Waals surface area (Å²) < 4.78 is 6.21. The molecule has 106 valence electrons. The third-order valence-corrected chi connectivity index (χ3v) is 5.12. The van der Waals surface area contributed by atoms with E-state index < -0.39 is 0 Å². The van der Waals surface area contributed by atoms with Crippen molar-refractivity contribution in [2.75, 3.05) is 7.11 Å². The summed E-state index contributed by atoms with van der Waals surface area (Å²) in [6, 6.07) is 8.94. The minimum absolute atomic E-state index is 0.182. The number of ether oxygens (including phenoxy) is 1.